The van der Waals surface area contributed by atoms with Crippen molar-refractivity contribution in [2.24, 2.45) is 11.7 Å². The molecule has 0 bridgehead atoms. The number of nitrogens with zero attached hydrogens (tertiary/aromatic N) is 3. The molecule has 0 unspecified atom stereocenters. The molecule has 8 nitrogen and oxygen atoms in total. The molecular weight excluding hydrogens is 358 g/mol. The smallest absolute Gasteiger partial charge is 0.242 e. The Kier molecular flexibility index (Phi) is 8.69. The van der Waals surface area contributed by atoms with E-state index in [4.69, 9.17) is 5.73 Å². The summed E-state index contributed by atoms with van der Waals surface area (Å²) in [5.41, 5.74) is 5.79. The number of carbonyl (C=O) groups excluding carboxylic acids is 3. The maximum absolute atomic E-state index is 12.6. The molecule has 0 aromatic rings. The third-order valence-corrected chi connectivity index (χ3v) is 6.03. The fraction of sp³-hybridized carbons (Fsp3) is 0.850. The van der Waals surface area contributed by atoms with Crippen LogP contribution in [0.4, 0.5) is 0 Å². The second-order valence-corrected chi connectivity index (χ2v) is 8.44. The van der Waals surface area contributed by atoms with Crippen molar-refractivity contribution >= 4 is 17.7 Å². The molecule has 3 amide bonds. The fourth-order valence-corrected chi connectivity index (χ4v) is 3.83. The van der Waals surface area contributed by atoms with Crippen molar-refractivity contribution < 1.29 is 14.4 Å². The SMILES string of the molecule is CC(C)[C@H](N)C(=O)NCC(=O)N1CCN(CC(=O)N(C)C2CCCCC2)CC1. The highest BCUT2D eigenvalue weighted by molar-refractivity contribution is 5.87. The van der Waals surface area contributed by atoms with Crippen LogP contribution in [0.1, 0.15) is 46.0 Å². The summed E-state index contributed by atoms with van der Waals surface area (Å²) >= 11 is 0. The summed E-state index contributed by atoms with van der Waals surface area (Å²) in [4.78, 5) is 42.5. The van der Waals surface area contributed by atoms with E-state index in [0.717, 1.165) is 12.8 Å². The first-order valence-corrected chi connectivity index (χ1v) is 10.6. The highest BCUT2D eigenvalue weighted by Gasteiger charge is 2.27. The molecule has 1 aliphatic carbocycles. The van der Waals surface area contributed by atoms with E-state index in [1.165, 1.54) is 19.3 Å². The molecule has 1 heterocycles. The largest absolute Gasteiger partial charge is 0.346 e. The number of piperazine rings is 1. The van der Waals surface area contributed by atoms with E-state index in [9.17, 15) is 14.4 Å². The first kappa shape index (κ1) is 22.6. The maximum Gasteiger partial charge on any atom is 0.242 e. The number of hydrogen-bond donors (Lipinski definition) is 2. The lowest BCUT2D eigenvalue weighted by Gasteiger charge is -2.37. The van der Waals surface area contributed by atoms with Gasteiger partial charge in [-0.25, -0.2) is 0 Å². The van der Waals surface area contributed by atoms with Gasteiger partial charge in [-0.3, -0.25) is 19.3 Å². The lowest BCUT2D eigenvalue weighted by molar-refractivity contribution is -0.137. The lowest BCUT2D eigenvalue weighted by atomic mass is 9.94. The molecular formula is C20H37N5O3. The first-order valence-electron chi connectivity index (χ1n) is 10.6. The molecule has 0 aromatic heterocycles. The van der Waals surface area contributed by atoms with Gasteiger partial charge in [0.25, 0.3) is 0 Å². The summed E-state index contributed by atoms with van der Waals surface area (Å²) in [5.74, 6) is -0.197. The summed E-state index contributed by atoms with van der Waals surface area (Å²) in [6, 6.07) is -0.221. The van der Waals surface area contributed by atoms with Crippen LogP contribution in [0.5, 0.6) is 0 Å². The quantitative estimate of drug-likeness (QED) is 0.633. The lowest BCUT2D eigenvalue weighted by Crippen LogP contribution is -2.54. The number of nitrogens with one attached hydrogen (secondary N) is 1. The van der Waals surface area contributed by atoms with Gasteiger partial charge in [-0.1, -0.05) is 33.1 Å². The monoisotopic (exact) mass is 395 g/mol. The molecule has 2 rings (SSSR count). The number of carbonyl (C=O) groups is 3. The molecule has 1 aliphatic heterocycles. The Balaban J connectivity index is 1.69. The summed E-state index contributed by atoms with van der Waals surface area (Å²) in [5, 5.41) is 2.63. The zero-order valence-electron chi connectivity index (χ0n) is 17.7. The van der Waals surface area contributed by atoms with Gasteiger partial charge in [0.15, 0.2) is 0 Å². The normalized spacial score (nSPS) is 20.1. The summed E-state index contributed by atoms with van der Waals surface area (Å²) in [6.45, 7) is 6.63. The summed E-state index contributed by atoms with van der Waals surface area (Å²) in [7, 11) is 1.92. The predicted octanol–water partition coefficient (Wildman–Crippen LogP) is 0.0212. The number of rotatable bonds is 7. The standard InChI is InChI=1S/C20H37N5O3/c1-15(2)19(21)20(28)22-13-17(26)25-11-9-24(10-12-25)14-18(27)23(3)16-7-5-4-6-8-16/h15-16,19H,4-14,21H2,1-3H3,(H,22,28)/t19-/m0/s1. The Hall–Kier alpha value is -1.67. The minimum atomic E-state index is -0.600. The van der Waals surface area contributed by atoms with E-state index in [-0.39, 0.29) is 30.2 Å². The predicted molar refractivity (Wildman–Crippen MR) is 108 cm³/mol. The first-order chi connectivity index (χ1) is 13.3. The van der Waals surface area contributed by atoms with Crippen molar-refractivity contribution in [3.05, 3.63) is 0 Å². The van der Waals surface area contributed by atoms with E-state index in [2.05, 4.69) is 10.2 Å². The Bertz CT molecular complexity index is 540. The third-order valence-electron chi connectivity index (χ3n) is 6.03. The Morgan fingerprint density at radius 1 is 1.07 bits per heavy atom. The second-order valence-electron chi connectivity index (χ2n) is 8.44. The van der Waals surface area contributed by atoms with Crippen LogP contribution < -0.4 is 11.1 Å². The van der Waals surface area contributed by atoms with Gasteiger partial charge in [0.2, 0.25) is 17.7 Å². The van der Waals surface area contributed by atoms with Gasteiger partial charge in [0.05, 0.1) is 19.1 Å². The average Bonchev–Trinajstić information content (AvgIpc) is 2.71. The van der Waals surface area contributed by atoms with Crippen LogP contribution in [0.15, 0.2) is 0 Å². The Labute approximate surface area is 168 Å². The maximum atomic E-state index is 12.6. The molecule has 2 fully saturated rings. The molecule has 2 aliphatic rings. The fourth-order valence-electron chi connectivity index (χ4n) is 3.83. The second kappa shape index (κ2) is 10.8. The van der Waals surface area contributed by atoms with Gasteiger partial charge in [-0.15, -0.1) is 0 Å². The van der Waals surface area contributed by atoms with Gasteiger partial charge >= 0.3 is 0 Å². The van der Waals surface area contributed by atoms with Crippen molar-refractivity contribution in [3.8, 4) is 0 Å². The molecule has 0 radical (unpaired) electrons. The Morgan fingerprint density at radius 3 is 2.25 bits per heavy atom. The number of hydrogen-bond acceptors (Lipinski definition) is 5. The van der Waals surface area contributed by atoms with Gasteiger partial charge in [-0.2, -0.15) is 0 Å². The average molecular weight is 396 g/mol. The molecule has 1 saturated heterocycles. The van der Waals surface area contributed by atoms with Crippen LogP contribution in [0.25, 0.3) is 0 Å². The topological polar surface area (TPSA) is 99.0 Å². The van der Waals surface area contributed by atoms with Crippen LogP contribution in [-0.4, -0.2) is 90.8 Å². The van der Waals surface area contributed by atoms with Gasteiger partial charge in [-0.05, 0) is 18.8 Å². The molecule has 1 atom stereocenters. The van der Waals surface area contributed by atoms with E-state index in [1.807, 2.05) is 25.8 Å². The molecule has 8 heteroatoms. The van der Waals surface area contributed by atoms with Gasteiger partial charge in [0, 0.05) is 39.3 Å². The molecule has 28 heavy (non-hydrogen) atoms. The van der Waals surface area contributed by atoms with Crippen LogP contribution in [-0.2, 0) is 14.4 Å². The van der Waals surface area contributed by atoms with Crippen molar-refractivity contribution in [2.75, 3.05) is 46.3 Å². The van der Waals surface area contributed by atoms with Crippen molar-refractivity contribution in [1.29, 1.82) is 0 Å². The molecule has 160 valence electrons. The van der Waals surface area contributed by atoms with E-state index < -0.39 is 6.04 Å². The third kappa shape index (κ3) is 6.44. The Morgan fingerprint density at radius 2 is 1.68 bits per heavy atom. The van der Waals surface area contributed by atoms with E-state index in [0.29, 0.717) is 38.8 Å². The van der Waals surface area contributed by atoms with Crippen LogP contribution >= 0.6 is 0 Å². The van der Waals surface area contributed by atoms with Gasteiger partial charge < -0.3 is 20.9 Å². The highest BCUT2D eigenvalue weighted by atomic mass is 16.2. The van der Waals surface area contributed by atoms with Gasteiger partial charge in [0.1, 0.15) is 0 Å². The molecule has 3 N–H and O–H groups in total. The number of likely N-dealkylation sites (N-methyl/N-ethyl adjacent to an activating group) is 1. The number of nitrogens with two attached hydrogens (primary N) is 1. The summed E-state index contributed by atoms with van der Waals surface area (Å²) in [6.07, 6.45) is 5.91. The zero-order valence-corrected chi connectivity index (χ0v) is 17.7. The van der Waals surface area contributed by atoms with Crippen molar-refractivity contribution in [3.63, 3.8) is 0 Å². The van der Waals surface area contributed by atoms with Crippen LogP contribution in [0.2, 0.25) is 0 Å². The summed E-state index contributed by atoms with van der Waals surface area (Å²) < 4.78 is 0. The molecule has 1 saturated carbocycles. The minimum Gasteiger partial charge on any atom is -0.346 e. The van der Waals surface area contributed by atoms with Crippen molar-refractivity contribution in [1.82, 2.24) is 20.0 Å². The minimum absolute atomic E-state index is 0.0252. The van der Waals surface area contributed by atoms with E-state index >= 15 is 0 Å². The van der Waals surface area contributed by atoms with Crippen LogP contribution in [0.3, 0.4) is 0 Å². The number of amides is 3. The molecule has 0 spiro atoms. The van der Waals surface area contributed by atoms with Crippen molar-refractivity contribution in [2.45, 2.75) is 58.0 Å². The molecule has 0 aromatic carbocycles. The van der Waals surface area contributed by atoms with Crippen LogP contribution in [0, 0.1) is 5.92 Å². The van der Waals surface area contributed by atoms with E-state index in [1.54, 1.807) is 4.90 Å². The highest BCUT2D eigenvalue weighted by Crippen LogP contribution is 2.21. The zero-order chi connectivity index (χ0) is 20.7.